The van der Waals surface area contributed by atoms with Crippen LogP contribution in [0.2, 0.25) is 0 Å². The van der Waals surface area contributed by atoms with Gasteiger partial charge in [-0.05, 0) is 24.7 Å². The first-order chi connectivity index (χ1) is 9.24. The number of aromatic nitrogens is 1. The molecular weight excluding hydrogens is 300 g/mol. The first-order valence-electron chi connectivity index (χ1n) is 6.41. The van der Waals surface area contributed by atoms with Gasteiger partial charge in [-0.1, -0.05) is 13.8 Å². The predicted molar refractivity (Wildman–Crippen MR) is 75.5 cm³/mol. The van der Waals surface area contributed by atoms with Crippen LogP contribution in [-0.4, -0.2) is 41.9 Å². The van der Waals surface area contributed by atoms with Crippen LogP contribution in [0.15, 0.2) is 9.72 Å². The van der Waals surface area contributed by atoms with E-state index in [4.69, 9.17) is 5.11 Å². The fourth-order valence-corrected chi connectivity index (χ4v) is 5.07. The standard InChI is InChI=1S/C12H18N2O4S2/c1-12(2)4-3-6-14(7-5-12)20(17,18)11-9(10(15)16)13-8-19-11/h8H,3-7H2,1-2H3,(H,15,16). The van der Waals surface area contributed by atoms with Gasteiger partial charge in [0, 0.05) is 13.1 Å². The highest BCUT2D eigenvalue weighted by Gasteiger charge is 2.34. The van der Waals surface area contributed by atoms with Crippen LogP contribution in [0.25, 0.3) is 0 Å². The largest absolute Gasteiger partial charge is 0.476 e. The van der Waals surface area contributed by atoms with Crippen LogP contribution >= 0.6 is 11.3 Å². The Bertz CT molecular complexity index is 607. The number of carboxylic acid groups (broad SMARTS) is 1. The monoisotopic (exact) mass is 318 g/mol. The number of aromatic carboxylic acids is 1. The highest BCUT2D eigenvalue weighted by molar-refractivity contribution is 7.91. The summed E-state index contributed by atoms with van der Waals surface area (Å²) in [6.07, 6.45) is 2.52. The molecule has 1 aromatic rings. The first-order valence-corrected chi connectivity index (χ1v) is 8.73. The molecule has 0 aromatic carbocycles. The van der Waals surface area contributed by atoms with E-state index >= 15 is 0 Å². The maximum atomic E-state index is 12.6. The Kier molecular flexibility index (Phi) is 4.17. The molecule has 0 radical (unpaired) electrons. The second-order valence-corrected chi connectivity index (χ2v) is 8.70. The summed E-state index contributed by atoms with van der Waals surface area (Å²) in [6, 6.07) is 0. The van der Waals surface area contributed by atoms with Crippen molar-refractivity contribution in [3.8, 4) is 0 Å². The third-order valence-electron chi connectivity index (χ3n) is 3.61. The molecule has 112 valence electrons. The lowest BCUT2D eigenvalue weighted by Crippen LogP contribution is -2.32. The number of rotatable bonds is 3. The minimum atomic E-state index is -3.76. The summed E-state index contributed by atoms with van der Waals surface area (Å²) in [5.41, 5.74) is 1.00. The third-order valence-corrected chi connectivity index (χ3v) is 6.86. The van der Waals surface area contributed by atoms with Gasteiger partial charge in [-0.2, -0.15) is 4.31 Å². The Hall–Kier alpha value is -0.990. The Labute approximate surface area is 122 Å². The number of thiazole rings is 1. The summed E-state index contributed by atoms with van der Waals surface area (Å²) in [4.78, 5) is 14.7. The van der Waals surface area contributed by atoms with Gasteiger partial charge in [-0.25, -0.2) is 18.2 Å². The second kappa shape index (κ2) is 5.42. The van der Waals surface area contributed by atoms with E-state index in [0.29, 0.717) is 13.1 Å². The molecule has 0 saturated carbocycles. The highest BCUT2D eigenvalue weighted by atomic mass is 32.2. The highest BCUT2D eigenvalue weighted by Crippen LogP contribution is 2.33. The summed E-state index contributed by atoms with van der Waals surface area (Å²) in [5, 5.41) is 9.02. The molecule has 2 rings (SSSR count). The van der Waals surface area contributed by atoms with Gasteiger partial charge >= 0.3 is 5.97 Å². The van der Waals surface area contributed by atoms with E-state index in [-0.39, 0.29) is 15.3 Å². The molecule has 0 aliphatic carbocycles. The number of carboxylic acids is 1. The van der Waals surface area contributed by atoms with Gasteiger partial charge in [0.2, 0.25) is 0 Å². The Morgan fingerprint density at radius 3 is 2.75 bits per heavy atom. The zero-order chi connectivity index (χ0) is 15.0. The molecular formula is C12H18N2O4S2. The van der Waals surface area contributed by atoms with Crippen molar-refractivity contribution in [2.45, 2.75) is 37.3 Å². The van der Waals surface area contributed by atoms with E-state index in [1.54, 1.807) is 0 Å². The van der Waals surface area contributed by atoms with Crippen molar-refractivity contribution in [2.24, 2.45) is 5.41 Å². The number of nitrogens with zero attached hydrogens (tertiary/aromatic N) is 2. The fraction of sp³-hybridized carbons (Fsp3) is 0.667. The normalized spacial score (nSPS) is 20.5. The van der Waals surface area contributed by atoms with E-state index in [0.717, 1.165) is 30.6 Å². The molecule has 6 nitrogen and oxygen atoms in total. The van der Waals surface area contributed by atoms with Gasteiger partial charge in [0.15, 0.2) is 9.90 Å². The van der Waals surface area contributed by atoms with E-state index < -0.39 is 16.0 Å². The molecule has 8 heteroatoms. The average Bonchev–Trinajstić information content (AvgIpc) is 2.76. The van der Waals surface area contributed by atoms with Crippen LogP contribution in [0.3, 0.4) is 0 Å². The van der Waals surface area contributed by atoms with Crippen molar-refractivity contribution in [2.75, 3.05) is 13.1 Å². The average molecular weight is 318 g/mol. The molecule has 0 spiro atoms. The molecule has 0 atom stereocenters. The van der Waals surface area contributed by atoms with Gasteiger partial charge in [-0.3, -0.25) is 0 Å². The molecule has 0 amide bonds. The van der Waals surface area contributed by atoms with Crippen molar-refractivity contribution in [3.63, 3.8) is 0 Å². The Morgan fingerprint density at radius 1 is 1.40 bits per heavy atom. The van der Waals surface area contributed by atoms with Gasteiger partial charge in [-0.15, -0.1) is 11.3 Å². The van der Waals surface area contributed by atoms with Crippen molar-refractivity contribution >= 4 is 27.3 Å². The number of hydrogen-bond acceptors (Lipinski definition) is 5. The van der Waals surface area contributed by atoms with Crippen molar-refractivity contribution in [3.05, 3.63) is 11.2 Å². The van der Waals surface area contributed by atoms with E-state index in [2.05, 4.69) is 18.8 Å². The lowest BCUT2D eigenvalue weighted by atomic mass is 9.85. The molecule has 1 saturated heterocycles. The minimum Gasteiger partial charge on any atom is -0.476 e. The summed E-state index contributed by atoms with van der Waals surface area (Å²) in [6.45, 7) is 5.10. The zero-order valence-corrected chi connectivity index (χ0v) is 13.1. The summed E-state index contributed by atoms with van der Waals surface area (Å²) in [5.74, 6) is -1.31. The van der Waals surface area contributed by atoms with Crippen LogP contribution in [-0.2, 0) is 10.0 Å². The van der Waals surface area contributed by atoms with Crippen LogP contribution in [0.4, 0.5) is 0 Å². The van der Waals surface area contributed by atoms with Crippen LogP contribution in [0.1, 0.15) is 43.6 Å². The second-order valence-electron chi connectivity index (χ2n) is 5.72. The molecule has 2 heterocycles. The number of hydrogen-bond donors (Lipinski definition) is 1. The summed E-state index contributed by atoms with van der Waals surface area (Å²) >= 11 is 0.864. The van der Waals surface area contributed by atoms with Crippen molar-refractivity contribution < 1.29 is 18.3 Å². The number of sulfonamides is 1. The maximum absolute atomic E-state index is 12.6. The molecule has 0 unspecified atom stereocenters. The van der Waals surface area contributed by atoms with Crippen molar-refractivity contribution in [1.82, 2.24) is 9.29 Å². The maximum Gasteiger partial charge on any atom is 0.356 e. The topological polar surface area (TPSA) is 87.6 Å². The molecule has 1 aromatic heterocycles. The van der Waals surface area contributed by atoms with Crippen molar-refractivity contribution in [1.29, 1.82) is 0 Å². The Balaban J connectivity index is 2.31. The minimum absolute atomic E-state index is 0.119. The van der Waals surface area contributed by atoms with Gasteiger partial charge in [0.25, 0.3) is 10.0 Å². The SMILES string of the molecule is CC1(C)CCCN(S(=O)(=O)c2scnc2C(=O)O)CC1. The molecule has 0 bridgehead atoms. The smallest absolute Gasteiger partial charge is 0.356 e. The van der Waals surface area contributed by atoms with Gasteiger partial charge < -0.3 is 5.11 Å². The molecule has 1 fully saturated rings. The first kappa shape index (κ1) is 15.4. The lowest BCUT2D eigenvalue weighted by molar-refractivity contribution is 0.0687. The van der Waals surface area contributed by atoms with E-state index in [1.165, 1.54) is 9.82 Å². The Morgan fingerprint density at radius 2 is 2.10 bits per heavy atom. The lowest BCUT2D eigenvalue weighted by Gasteiger charge is -2.22. The third kappa shape index (κ3) is 3.02. The summed E-state index contributed by atoms with van der Waals surface area (Å²) < 4.78 is 26.4. The molecule has 1 aliphatic heterocycles. The predicted octanol–water partition coefficient (Wildman–Crippen LogP) is 2.04. The fourth-order valence-electron chi connectivity index (χ4n) is 2.32. The van der Waals surface area contributed by atoms with E-state index in [1.807, 2.05) is 0 Å². The molecule has 20 heavy (non-hydrogen) atoms. The number of carbonyl (C=O) groups is 1. The van der Waals surface area contributed by atoms with Gasteiger partial charge in [0.1, 0.15) is 0 Å². The quantitative estimate of drug-likeness (QED) is 0.921. The van der Waals surface area contributed by atoms with E-state index in [9.17, 15) is 13.2 Å². The van der Waals surface area contributed by atoms with Crippen LogP contribution < -0.4 is 0 Å². The van der Waals surface area contributed by atoms with Crippen LogP contribution in [0.5, 0.6) is 0 Å². The zero-order valence-electron chi connectivity index (χ0n) is 11.5. The molecule has 1 aliphatic rings. The molecule has 1 N–H and O–H groups in total. The van der Waals surface area contributed by atoms with Crippen LogP contribution in [0, 0.1) is 5.41 Å². The summed E-state index contributed by atoms with van der Waals surface area (Å²) in [7, 11) is -3.76. The van der Waals surface area contributed by atoms with Gasteiger partial charge in [0.05, 0.1) is 5.51 Å².